The topological polar surface area (TPSA) is 76.4 Å². The summed E-state index contributed by atoms with van der Waals surface area (Å²) >= 11 is 3.35. The molecule has 2 amide bonds. The molecule has 0 spiro atoms. The fourth-order valence-corrected chi connectivity index (χ4v) is 3.62. The van der Waals surface area contributed by atoms with Gasteiger partial charge in [0.2, 0.25) is 0 Å². The minimum absolute atomic E-state index is 0.0707. The van der Waals surface area contributed by atoms with E-state index in [1.807, 2.05) is 12.1 Å². The van der Waals surface area contributed by atoms with Crippen molar-refractivity contribution in [2.24, 2.45) is 5.73 Å². The molecular weight excluding hydrogens is 432 g/mol. The summed E-state index contributed by atoms with van der Waals surface area (Å²) < 4.78 is 33.9. The van der Waals surface area contributed by atoms with Crippen LogP contribution in [0.3, 0.4) is 0 Å². The van der Waals surface area contributed by atoms with Gasteiger partial charge in [-0.05, 0) is 56.0 Å². The number of ether oxygens (including phenoxy) is 1. The van der Waals surface area contributed by atoms with Crippen LogP contribution >= 0.6 is 15.9 Å². The first-order valence-corrected chi connectivity index (χ1v) is 9.82. The molecule has 150 valence electrons. The van der Waals surface area contributed by atoms with Crippen LogP contribution in [0, 0.1) is 11.6 Å². The Morgan fingerprint density at radius 3 is 2.46 bits per heavy atom. The highest BCUT2D eigenvalue weighted by molar-refractivity contribution is 9.10. The summed E-state index contributed by atoms with van der Waals surface area (Å²) in [5.41, 5.74) is 6.04. The molecule has 28 heavy (non-hydrogen) atoms. The van der Waals surface area contributed by atoms with Gasteiger partial charge in [0.1, 0.15) is 11.6 Å². The smallest absolute Gasteiger partial charge is 0.320 e. The third-order valence-corrected chi connectivity index (χ3v) is 5.29. The first-order valence-electron chi connectivity index (χ1n) is 9.03. The van der Waals surface area contributed by atoms with Crippen molar-refractivity contribution in [2.75, 3.05) is 5.32 Å². The third kappa shape index (κ3) is 5.50. The van der Waals surface area contributed by atoms with E-state index >= 15 is 0 Å². The molecule has 1 aliphatic rings. The zero-order valence-electron chi connectivity index (χ0n) is 15.2. The lowest BCUT2D eigenvalue weighted by Crippen LogP contribution is -2.59. The number of rotatable bonds is 5. The Morgan fingerprint density at radius 2 is 1.82 bits per heavy atom. The maximum absolute atomic E-state index is 13.7. The summed E-state index contributed by atoms with van der Waals surface area (Å²) in [6.07, 6.45) is 2.02. The fraction of sp³-hybridized carbons (Fsp3) is 0.350. The van der Waals surface area contributed by atoms with Crippen molar-refractivity contribution in [1.29, 1.82) is 0 Å². The molecule has 2 aromatic rings. The zero-order chi connectivity index (χ0) is 20.1. The average molecular weight is 454 g/mol. The maximum atomic E-state index is 13.7. The van der Waals surface area contributed by atoms with E-state index < -0.39 is 17.3 Å². The van der Waals surface area contributed by atoms with Gasteiger partial charge in [0.25, 0.3) is 0 Å². The minimum atomic E-state index is -0.848. The number of carbonyl (C=O) groups is 1. The number of urea groups is 1. The number of hydrogen-bond donors (Lipinski definition) is 3. The molecule has 2 aromatic carbocycles. The number of benzene rings is 2. The highest BCUT2D eigenvalue weighted by Crippen LogP contribution is 2.28. The number of nitrogens with one attached hydrogen (secondary N) is 2. The summed E-state index contributed by atoms with van der Waals surface area (Å²) in [6, 6.07) is 10.6. The number of hydrogen-bond acceptors (Lipinski definition) is 3. The second-order valence-corrected chi connectivity index (χ2v) is 7.87. The van der Waals surface area contributed by atoms with Gasteiger partial charge in [-0.25, -0.2) is 13.6 Å². The van der Waals surface area contributed by atoms with Crippen LogP contribution in [-0.4, -0.2) is 17.8 Å². The van der Waals surface area contributed by atoms with E-state index in [0.717, 1.165) is 4.47 Å². The normalized spacial score (nSPS) is 21.9. The predicted molar refractivity (Wildman–Crippen MR) is 107 cm³/mol. The van der Waals surface area contributed by atoms with Crippen LogP contribution in [-0.2, 0) is 11.3 Å². The van der Waals surface area contributed by atoms with Gasteiger partial charge in [-0.1, -0.05) is 28.1 Å². The molecule has 5 nitrogen and oxygen atoms in total. The Hall–Kier alpha value is -2.03. The van der Waals surface area contributed by atoms with E-state index in [1.54, 1.807) is 12.1 Å². The maximum Gasteiger partial charge on any atom is 0.320 e. The lowest BCUT2D eigenvalue weighted by Gasteiger charge is -2.37. The van der Waals surface area contributed by atoms with Crippen LogP contribution in [0.5, 0.6) is 0 Å². The van der Waals surface area contributed by atoms with Gasteiger partial charge in [-0.3, -0.25) is 0 Å². The number of nitrogens with two attached hydrogens (primary N) is 1. The van der Waals surface area contributed by atoms with Gasteiger partial charge in [0, 0.05) is 15.7 Å². The van der Waals surface area contributed by atoms with E-state index in [9.17, 15) is 13.6 Å². The number of halogens is 3. The van der Waals surface area contributed by atoms with Crippen LogP contribution in [0.2, 0.25) is 0 Å². The Morgan fingerprint density at radius 1 is 1.18 bits per heavy atom. The van der Waals surface area contributed by atoms with Crippen LogP contribution in [0.25, 0.3) is 0 Å². The Bertz CT molecular complexity index is 822. The summed E-state index contributed by atoms with van der Waals surface area (Å²) in [7, 11) is 0. The second kappa shape index (κ2) is 8.98. The SMILES string of the molecule is NC1(NC(=O)Nc2cccc(Br)c2)CCC(OCc2c(F)cccc2F)CC1. The molecule has 0 bridgehead atoms. The summed E-state index contributed by atoms with van der Waals surface area (Å²) in [4.78, 5) is 12.2. The van der Waals surface area contributed by atoms with Gasteiger partial charge in [0.15, 0.2) is 0 Å². The predicted octanol–water partition coefficient (Wildman–Crippen LogP) is 4.66. The fourth-order valence-electron chi connectivity index (χ4n) is 3.22. The minimum Gasteiger partial charge on any atom is -0.373 e. The van der Waals surface area contributed by atoms with E-state index in [4.69, 9.17) is 10.5 Å². The molecule has 1 saturated carbocycles. The van der Waals surface area contributed by atoms with E-state index in [2.05, 4.69) is 26.6 Å². The lowest BCUT2D eigenvalue weighted by molar-refractivity contribution is -0.00217. The number of anilines is 1. The largest absolute Gasteiger partial charge is 0.373 e. The first kappa shape index (κ1) is 20.7. The van der Waals surface area contributed by atoms with Gasteiger partial charge < -0.3 is 21.1 Å². The summed E-state index contributed by atoms with van der Waals surface area (Å²) in [5, 5.41) is 5.56. The molecule has 1 fully saturated rings. The number of amides is 2. The molecule has 0 aliphatic heterocycles. The van der Waals surface area contributed by atoms with Crippen LogP contribution in [0.1, 0.15) is 31.2 Å². The molecule has 0 aromatic heterocycles. The molecule has 8 heteroatoms. The van der Waals surface area contributed by atoms with Crippen LogP contribution in [0.15, 0.2) is 46.9 Å². The Kier molecular flexibility index (Phi) is 6.64. The molecule has 0 radical (unpaired) electrons. The van der Waals surface area contributed by atoms with E-state index in [-0.39, 0.29) is 24.3 Å². The van der Waals surface area contributed by atoms with Crippen LogP contribution in [0.4, 0.5) is 19.3 Å². The van der Waals surface area contributed by atoms with Gasteiger partial charge in [-0.2, -0.15) is 0 Å². The average Bonchev–Trinajstić information content (AvgIpc) is 2.62. The van der Waals surface area contributed by atoms with E-state index in [0.29, 0.717) is 31.4 Å². The van der Waals surface area contributed by atoms with Gasteiger partial charge in [0.05, 0.1) is 18.4 Å². The monoisotopic (exact) mass is 453 g/mol. The van der Waals surface area contributed by atoms with Gasteiger partial charge in [-0.15, -0.1) is 0 Å². The van der Waals surface area contributed by atoms with Crippen molar-refractivity contribution in [3.63, 3.8) is 0 Å². The zero-order valence-corrected chi connectivity index (χ0v) is 16.8. The highest BCUT2D eigenvalue weighted by Gasteiger charge is 2.33. The quantitative estimate of drug-likeness (QED) is 0.576. The molecule has 1 aliphatic carbocycles. The van der Waals surface area contributed by atoms with Crippen molar-refractivity contribution in [1.82, 2.24) is 5.32 Å². The van der Waals surface area contributed by atoms with Crippen molar-refractivity contribution in [2.45, 2.75) is 44.1 Å². The van der Waals surface area contributed by atoms with Crippen LogP contribution < -0.4 is 16.4 Å². The lowest BCUT2D eigenvalue weighted by atomic mass is 9.87. The molecule has 4 N–H and O–H groups in total. The molecule has 0 saturated heterocycles. The first-order chi connectivity index (χ1) is 13.3. The van der Waals surface area contributed by atoms with E-state index in [1.165, 1.54) is 18.2 Å². The summed E-state index contributed by atoms with van der Waals surface area (Å²) in [6.45, 7) is -0.127. The molecule has 3 rings (SSSR count). The second-order valence-electron chi connectivity index (χ2n) is 6.96. The third-order valence-electron chi connectivity index (χ3n) is 4.79. The van der Waals surface area contributed by atoms with Gasteiger partial charge >= 0.3 is 6.03 Å². The molecule has 0 heterocycles. The molecule has 0 atom stereocenters. The molecule has 0 unspecified atom stereocenters. The van der Waals surface area contributed by atoms with Crippen molar-refractivity contribution in [3.8, 4) is 0 Å². The Balaban J connectivity index is 1.47. The van der Waals surface area contributed by atoms with Crippen molar-refractivity contribution < 1.29 is 18.3 Å². The summed E-state index contributed by atoms with van der Waals surface area (Å²) in [5.74, 6) is -1.23. The van der Waals surface area contributed by atoms with Crippen molar-refractivity contribution >= 4 is 27.6 Å². The molecular formula is C20H22BrF2N3O2. The highest BCUT2D eigenvalue weighted by atomic mass is 79.9. The standard InChI is InChI=1S/C20H22BrF2N3O2/c21-13-3-1-4-14(11-13)25-19(27)26-20(24)9-7-15(8-10-20)28-12-16-17(22)5-2-6-18(16)23/h1-6,11,15H,7-10,12,24H2,(H2,25,26,27). The van der Waals surface area contributed by atoms with Crippen molar-refractivity contribution in [3.05, 3.63) is 64.1 Å². The number of carbonyl (C=O) groups excluding carboxylic acids is 1. The Labute approximate surface area is 170 Å².